The highest BCUT2D eigenvalue weighted by molar-refractivity contribution is 5.93. The molecule has 4 aromatic carbocycles. The lowest BCUT2D eigenvalue weighted by Gasteiger charge is -2.26. The van der Waals surface area contributed by atoms with E-state index >= 15 is 0 Å². The van der Waals surface area contributed by atoms with Gasteiger partial charge in [-0.1, -0.05) is 51.5 Å². The lowest BCUT2D eigenvalue weighted by atomic mass is 10.1. The van der Waals surface area contributed by atoms with Crippen molar-refractivity contribution in [1.29, 1.82) is 0 Å². The number of fused-ring (bicyclic) bond motifs is 1. The SMILES string of the molecule is CCCCC1NC(c2ccc(OCCCN(CC)CC)cc2)=CN1c1ccc(Oc2ccc(OC)c3ccccc23)cc1. The number of nitrogens with zero attached hydrogens (tertiary/aromatic N) is 2. The summed E-state index contributed by atoms with van der Waals surface area (Å²) in [5.41, 5.74) is 3.41. The average Bonchev–Trinajstić information content (AvgIpc) is 3.49. The van der Waals surface area contributed by atoms with Crippen molar-refractivity contribution in [3.8, 4) is 23.0 Å². The Morgan fingerprint density at radius 2 is 1.44 bits per heavy atom. The van der Waals surface area contributed by atoms with E-state index in [0.29, 0.717) is 0 Å². The minimum atomic E-state index is 0.197. The average molecular weight is 580 g/mol. The zero-order valence-corrected chi connectivity index (χ0v) is 26.0. The molecule has 0 bridgehead atoms. The predicted octanol–water partition coefficient (Wildman–Crippen LogP) is 8.68. The van der Waals surface area contributed by atoms with Crippen LogP contribution in [0.2, 0.25) is 0 Å². The summed E-state index contributed by atoms with van der Waals surface area (Å²) in [6.45, 7) is 10.6. The molecule has 0 amide bonds. The van der Waals surface area contributed by atoms with Gasteiger partial charge in [0.1, 0.15) is 29.2 Å². The van der Waals surface area contributed by atoms with Gasteiger partial charge in [0.25, 0.3) is 0 Å². The van der Waals surface area contributed by atoms with E-state index in [4.69, 9.17) is 14.2 Å². The molecule has 0 radical (unpaired) electrons. The Bertz CT molecular complexity index is 1480. The van der Waals surface area contributed by atoms with Gasteiger partial charge < -0.3 is 29.3 Å². The minimum Gasteiger partial charge on any atom is -0.496 e. The molecule has 1 aliphatic rings. The largest absolute Gasteiger partial charge is 0.496 e. The third-order valence-electron chi connectivity index (χ3n) is 8.13. The van der Waals surface area contributed by atoms with Crippen molar-refractivity contribution >= 4 is 22.2 Å². The molecule has 6 nitrogen and oxygen atoms in total. The molecule has 5 rings (SSSR count). The van der Waals surface area contributed by atoms with E-state index in [-0.39, 0.29) is 6.17 Å². The number of ether oxygens (including phenoxy) is 3. The lowest BCUT2D eigenvalue weighted by molar-refractivity contribution is 0.249. The molecule has 1 unspecified atom stereocenters. The van der Waals surface area contributed by atoms with Crippen molar-refractivity contribution in [2.24, 2.45) is 0 Å². The van der Waals surface area contributed by atoms with Crippen LogP contribution in [-0.4, -0.2) is 44.4 Å². The third-order valence-corrected chi connectivity index (χ3v) is 8.13. The number of benzene rings is 4. The van der Waals surface area contributed by atoms with Crippen LogP contribution in [0.4, 0.5) is 5.69 Å². The molecule has 1 heterocycles. The highest BCUT2D eigenvalue weighted by Gasteiger charge is 2.25. The Balaban J connectivity index is 1.27. The molecule has 4 aromatic rings. The molecule has 0 saturated carbocycles. The van der Waals surface area contributed by atoms with Crippen LogP contribution >= 0.6 is 0 Å². The van der Waals surface area contributed by atoms with Gasteiger partial charge in [-0.15, -0.1) is 0 Å². The maximum atomic E-state index is 6.34. The summed E-state index contributed by atoms with van der Waals surface area (Å²) >= 11 is 0. The molecule has 6 heteroatoms. The van der Waals surface area contributed by atoms with Gasteiger partial charge in [-0.3, -0.25) is 0 Å². The fraction of sp³-hybridized carbons (Fsp3) is 0.351. The molecular weight excluding hydrogens is 534 g/mol. The monoisotopic (exact) mass is 579 g/mol. The van der Waals surface area contributed by atoms with Gasteiger partial charge in [-0.25, -0.2) is 0 Å². The quantitative estimate of drug-likeness (QED) is 0.142. The van der Waals surface area contributed by atoms with Crippen molar-refractivity contribution < 1.29 is 14.2 Å². The lowest BCUT2D eigenvalue weighted by Crippen LogP contribution is -2.35. The van der Waals surface area contributed by atoms with Crippen LogP contribution in [0.25, 0.3) is 16.5 Å². The van der Waals surface area contributed by atoms with Crippen molar-refractivity contribution in [3.63, 3.8) is 0 Å². The van der Waals surface area contributed by atoms with Gasteiger partial charge in [-0.2, -0.15) is 0 Å². The Kier molecular flexibility index (Phi) is 10.5. The van der Waals surface area contributed by atoms with Gasteiger partial charge in [-0.05, 0) is 98.6 Å². The van der Waals surface area contributed by atoms with Crippen molar-refractivity contribution in [3.05, 3.63) is 96.7 Å². The summed E-state index contributed by atoms with van der Waals surface area (Å²) < 4.78 is 17.9. The molecule has 0 saturated heterocycles. The predicted molar refractivity (Wildman–Crippen MR) is 178 cm³/mol. The number of unbranched alkanes of at least 4 members (excludes halogenated alkanes) is 1. The molecule has 0 aliphatic carbocycles. The van der Waals surface area contributed by atoms with E-state index in [2.05, 4.69) is 90.6 Å². The van der Waals surface area contributed by atoms with Crippen LogP contribution in [0.5, 0.6) is 23.0 Å². The molecule has 0 spiro atoms. The van der Waals surface area contributed by atoms with Crippen molar-refractivity contribution in [2.75, 3.05) is 38.3 Å². The topological polar surface area (TPSA) is 46.2 Å². The molecule has 0 aromatic heterocycles. The zero-order valence-electron chi connectivity index (χ0n) is 26.0. The number of nitrogens with one attached hydrogen (secondary N) is 1. The van der Waals surface area contributed by atoms with Gasteiger partial charge in [0.15, 0.2) is 0 Å². The first kappa shape index (κ1) is 30.3. The van der Waals surface area contributed by atoms with Gasteiger partial charge in [0.2, 0.25) is 0 Å². The fourth-order valence-corrected chi connectivity index (χ4v) is 5.61. The zero-order chi connectivity index (χ0) is 30.0. The number of methoxy groups -OCH3 is 1. The second-order valence-electron chi connectivity index (χ2n) is 10.9. The molecular formula is C37H45N3O3. The number of hydrogen-bond donors (Lipinski definition) is 1. The van der Waals surface area contributed by atoms with E-state index in [9.17, 15) is 0 Å². The molecule has 226 valence electrons. The standard InChI is InChI=1S/C37H45N3O3/c1-5-8-14-37-38-34(28-15-19-30(20-16-28)42-26-11-25-39(6-2)7-3)27-40(37)29-17-21-31(22-18-29)43-36-24-23-35(41-4)32-12-9-10-13-33(32)36/h9-10,12-13,15-24,27,37-38H,5-8,11,14,25-26H2,1-4H3. The number of rotatable bonds is 15. The summed E-state index contributed by atoms with van der Waals surface area (Å²) in [7, 11) is 1.70. The van der Waals surface area contributed by atoms with E-state index in [1.54, 1.807) is 7.11 Å². The summed E-state index contributed by atoms with van der Waals surface area (Å²) in [6.07, 6.45) is 6.83. The van der Waals surface area contributed by atoms with Crippen LogP contribution < -0.4 is 24.4 Å². The summed E-state index contributed by atoms with van der Waals surface area (Å²) in [5, 5.41) is 5.83. The second kappa shape index (κ2) is 14.8. The minimum absolute atomic E-state index is 0.197. The Hall–Kier alpha value is -4.16. The Labute approximate surface area is 256 Å². The van der Waals surface area contributed by atoms with E-state index in [0.717, 1.165) is 103 Å². The van der Waals surface area contributed by atoms with Crippen molar-refractivity contribution in [1.82, 2.24) is 10.2 Å². The van der Waals surface area contributed by atoms with Gasteiger partial charge in [0, 0.05) is 29.2 Å². The van der Waals surface area contributed by atoms with Gasteiger partial charge in [0.05, 0.1) is 19.4 Å². The highest BCUT2D eigenvalue weighted by Crippen LogP contribution is 2.36. The number of hydrogen-bond acceptors (Lipinski definition) is 6. The summed E-state index contributed by atoms with van der Waals surface area (Å²) in [4.78, 5) is 4.77. The highest BCUT2D eigenvalue weighted by atomic mass is 16.5. The van der Waals surface area contributed by atoms with Crippen LogP contribution in [0.15, 0.2) is 91.1 Å². The Morgan fingerprint density at radius 1 is 0.767 bits per heavy atom. The van der Waals surface area contributed by atoms with Crippen LogP contribution in [0.3, 0.4) is 0 Å². The first-order valence-electron chi connectivity index (χ1n) is 15.7. The maximum Gasteiger partial charge on any atom is 0.135 e. The first-order chi connectivity index (χ1) is 21.1. The Morgan fingerprint density at radius 3 is 2.12 bits per heavy atom. The smallest absolute Gasteiger partial charge is 0.135 e. The molecule has 1 aliphatic heterocycles. The molecule has 1 atom stereocenters. The first-order valence-corrected chi connectivity index (χ1v) is 15.7. The summed E-state index contributed by atoms with van der Waals surface area (Å²) in [5.74, 6) is 3.37. The van der Waals surface area contributed by atoms with E-state index in [1.165, 1.54) is 0 Å². The van der Waals surface area contributed by atoms with E-state index in [1.807, 2.05) is 36.4 Å². The normalized spacial score (nSPS) is 14.6. The van der Waals surface area contributed by atoms with Crippen LogP contribution in [0.1, 0.15) is 52.0 Å². The second-order valence-corrected chi connectivity index (χ2v) is 10.9. The molecule has 1 N–H and O–H groups in total. The van der Waals surface area contributed by atoms with Crippen molar-refractivity contribution in [2.45, 2.75) is 52.6 Å². The summed E-state index contributed by atoms with van der Waals surface area (Å²) in [6, 6.07) is 28.9. The molecule has 43 heavy (non-hydrogen) atoms. The third kappa shape index (κ3) is 7.44. The van der Waals surface area contributed by atoms with Crippen LogP contribution in [0, 0.1) is 0 Å². The van der Waals surface area contributed by atoms with Crippen LogP contribution in [-0.2, 0) is 0 Å². The molecule has 0 fully saturated rings. The number of anilines is 1. The van der Waals surface area contributed by atoms with Gasteiger partial charge >= 0.3 is 0 Å². The fourth-order valence-electron chi connectivity index (χ4n) is 5.61. The maximum absolute atomic E-state index is 6.34. The van der Waals surface area contributed by atoms with E-state index < -0.39 is 0 Å².